The number of aromatic nitrogens is 1. The molecule has 1 aromatic heterocycles. The van der Waals surface area contributed by atoms with Gasteiger partial charge in [0.05, 0.1) is 12.6 Å². The summed E-state index contributed by atoms with van der Waals surface area (Å²) in [4.78, 5) is 27.5. The van der Waals surface area contributed by atoms with Crippen molar-refractivity contribution in [3.05, 3.63) is 64.4 Å². The summed E-state index contributed by atoms with van der Waals surface area (Å²) < 4.78 is 6.88. The number of nitrogens with one attached hydrogen (secondary N) is 1. The lowest BCUT2D eigenvalue weighted by Gasteiger charge is -2.15. The minimum atomic E-state index is -0.495. The fraction of sp³-hybridized carbons (Fsp3) is 0.200. The predicted molar refractivity (Wildman–Crippen MR) is 104 cm³/mol. The molecule has 6 nitrogen and oxygen atoms in total. The van der Waals surface area contributed by atoms with Gasteiger partial charge in [0, 0.05) is 37.9 Å². The molecule has 6 heteroatoms. The number of anilines is 2. The molecule has 26 heavy (non-hydrogen) atoms. The molecule has 3 aromatic rings. The average Bonchev–Trinajstić information content (AvgIpc) is 2.64. The number of benzene rings is 2. The maximum absolute atomic E-state index is 12.8. The van der Waals surface area contributed by atoms with Gasteiger partial charge >= 0.3 is 0 Å². The number of nitrogens with zero attached hydrogens (tertiary/aromatic N) is 2. The normalized spacial score (nSPS) is 10.6. The van der Waals surface area contributed by atoms with Gasteiger partial charge in [0.15, 0.2) is 0 Å². The molecule has 0 aliphatic rings. The highest BCUT2D eigenvalue weighted by Gasteiger charge is 2.22. The third-order valence-corrected chi connectivity index (χ3v) is 4.33. The Labute approximate surface area is 151 Å². The van der Waals surface area contributed by atoms with Gasteiger partial charge in [-0.1, -0.05) is 12.1 Å². The number of para-hydroxylation sites is 1. The lowest BCUT2D eigenvalue weighted by molar-refractivity contribution is 0.102. The van der Waals surface area contributed by atoms with E-state index in [1.165, 1.54) is 11.7 Å². The molecule has 0 spiro atoms. The second kappa shape index (κ2) is 6.92. The number of methoxy groups -OCH3 is 1. The van der Waals surface area contributed by atoms with E-state index in [1.54, 1.807) is 19.2 Å². The molecule has 1 N–H and O–H groups in total. The van der Waals surface area contributed by atoms with Crippen molar-refractivity contribution in [3.63, 3.8) is 0 Å². The fourth-order valence-electron chi connectivity index (χ4n) is 2.92. The third-order valence-electron chi connectivity index (χ3n) is 4.33. The standard InChI is InChI=1S/C20H21N3O3/c1-22(2)14-11-9-13(10-12-14)21-19(24)17-18(26-4)15-7-5-6-8-16(15)23(3)20(17)25/h5-12H,1-4H3,(H,21,24). The van der Waals surface area contributed by atoms with E-state index in [0.717, 1.165) is 5.69 Å². The minimum absolute atomic E-state index is 0.00890. The van der Waals surface area contributed by atoms with Gasteiger partial charge < -0.3 is 19.5 Å². The first-order valence-corrected chi connectivity index (χ1v) is 8.18. The molecule has 1 amide bonds. The van der Waals surface area contributed by atoms with Crippen LogP contribution in [-0.2, 0) is 7.05 Å². The number of hydrogen-bond acceptors (Lipinski definition) is 4. The Morgan fingerprint density at radius 2 is 1.73 bits per heavy atom. The van der Waals surface area contributed by atoms with Crippen LogP contribution in [0.3, 0.4) is 0 Å². The molecule has 0 aliphatic carbocycles. The molecule has 0 unspecified atom stereocenters. The van der Waals surface area contributed by atoms with Crippen LogP contribution < -0.4 is 20.5 Å². The van der Waals surface area contributed by atoms with Crippen molar-refractivity contribution >= 4 is 28.2 Å². The molecule has 0 fully saturated rings. The predicted octanol–water partition coefficient (Wildman–Crippen LogP) is 2.87. The zero-order chi connectivity index (χ0) is 18.8. The van der Waals surface area contributed by atoms with Gasteiger partial charge in [-0.3, -0.25) is 9.59 Å². The van der Waals surface area contributed by atoms with Crippen LogP contribution in [0.2, 0.25) is 0 Å². The van der Waals surface area contributed by atoms with Crippen LogP contribution in [0.15, 0.2) is 53.3 Å². The van der Waals surface area contributed by atoms with Crippen molar-refractivity contribution in [2.75, 3.05) is 31.4 Å². The summed E-state index contributed by atoms with van der Waals surface area (Å²) in [6.45, 7) is 0. The molecule has 1 heterocycles. The van der Waals surface area contributed by atoms with Crippen molar-refractivity contribution in [2.24, 2.45) is 7.05 Å². The zero-order valence-corrected chi connectivity index (χ0v) is 15.2. The summed E-state index contributed by atoms with van der Waals surface area (Å²) in [5.74, 6) is -0.211. The zero-order valence-electron chi connectivity index (χ0n) is 15.2. The highest BCUT2D eigenvalue weighted by Crippen LogP contribution is 2.27. The van der Waals surface area contributed by atoms with Crippen molar-refractivity contribution < 1.29 is 9.53 Å². The Morgan fingerprint density at radius 1 is 1.08 bits per heavy atom. The van der Waals surface area contributed by atoms with Crippen LogP contribution in [0.25, 0.3) is 10.9 Å². The van der Waals surface area contributed by atoms with Gasteiger partial charge in [-0.05, 0) is 36.4 Å². The molecule has 0 bridgehead atoms. The molecule has 134 valence electrons. The number of carbonyl (C=O) groups excluding carboxylic acids is 1. The summed E-state index contributed by atoms with van der Waals surface area (Å²) in [7, 11) is 6.99. The highest BCUT2D eigenvalue weighted by molar-refractivity contribution is 6.09. The van der Waals surface area contributed by atoms with Crippen molar-refractivity contribution in [3.8, 4) is 5.75 Å². The molecular weight excluding hydrogens is 330 g/mol. The van der Waals surface area contributed by atoms with Gasteiger partial charge in [-0.25, -0.2) is 0 Å². The van der Waals surface area contributed by atoms with Crippen LogP contribution >= 0.6 is 0 Å². The maximum Gasteiger partial charge on any atom is 0.267 e. The van der Waals surface area contributed by atoms with Crippen molar-refractivity contribution in [1.29, 1.82) is 0 Å². The average molecular weight is 351 g/mol. The smallest absolute Gasteiger partial charge is 0.267 e. The van der Waals surface area contributed by atoms with Gasteiger partial charge in [0.1, 0.15) is 11.3 Å². The Bertz CT molecular complexity index is 1020. The van der Waals surface area contributed by atoms with Gasteiger partial charge in [0.25, 0.3) is 11.5 Å². The Balaban J connectivity index is 2.05. The summed E-state index contributed by atoms with van der Waals surface area (Å²) in [6.07, 6.45) is 0. The second-order valence-corrected chi connectivity index (χ2v) is 6.18. The van der Waals surface area contributed by atoms with E-state index in [1.807, 2.05) is 55.4 Å². The van der Waals surface area contributed by atoms with Crippen LogP contribution in [-0.4, -0.2) is 31.7 Å². The van der Waals surface area contributed by atoms with Gasteiger partial charge in [0.2, 0.25) is 0 Å². The van der Waals surface area contributed by atoms with E-state index >= 15 is 0 Å². The van der Waals surface area contributed by atoms with E-state index < -0.39 is 11.5 Å². The molecule has 2 aromatic carbocycles. The molecule has 3 rings (SSSR count). The highest BCUT2D eigenvalue weighted by atomic mass is 16.5. The summed E-state index contributed by atoms with van der Waals surface area (Å²) in [5, 5.41) is 3.49. The summed E-state index contributed by atoms with van der Waals surface area (Å²) >= 11 is 0. The number of aryl methyl sites for hydroxylation is 1. The molecule has 0 saturated heterocycles. The Hall–Kier alpha value is -3.28. The fourth-order valence-corrected chi connectivity index (χ4v) is 2.92. The number of pyridine rings is 1. The van der Waals surface area contributed by atoms with Crippen molar-refractivity contribution in [1.82, 2.24) is 4.57 Å². The number of amides is 1. The molecule has 0 atom stereocenters. The summed E-state index contributed by atoms with van der Waals surface area (Å²) in [6, 6.07) is 14.7. The van der Waals surface area contributed by atoms with Crippen molar-refractivity contribution in [2.45, 2.75) is 0 Å². The van der Waals surface area contributed by atoms with E-state index in [0.29, 0.717) is 16.6 Å². The van der Waals surface area contributed by atoms with Crippen LogP contribution in [0.1, 0.15) is 10.4 Å². The molecule has 0 radical (unpaired) electrons. The van der Waals surface area contributed by atoms with Crippen LogP contribution in [0.4, 0.5) is 11.4 Å². The number of ether oxygens (including phenoxy) is 1. The number of hydrogen-bond donors (Lipinski definition) is 1. The minimum Gasteiger partial charge on any atom is -0.495 e. The van der Waals surface area contributed by atoms with Gasteiger partial charge in [-0.15, -0.1) is 0 Å². The van der Waals surface area contributed by atoms with Crippen LogP contribution in [0, 0.1) is 0 Å². The first kappa shape index (κ1) is 17.5. The quantitative estimate of drug-likeness (QED) is 0.785. The molecule has 0 saturated carbocycles. The molecule has 0 aliphatic heterocycles. The van der Waals surface area contributed by atoms with E-state index in [2.05, 4.69) is 5.32 Å². The van der Waals surface area contributed by atoms with Gasteiger partial charge in [-0.2, -0.15) is 0 Å². The Kier molecular flexibility index (Phi) is 4.67. The third kappa shape index (κ3) is 3.01. The second-order valence-electron chi connectivity index (χ2n) is 6.18. The van der Waals surface area contributed by atoms with Crippen LogP contribution in [0.5, 0.6) is 5.75 Å². The Morgan fingerprint density at radius 3 is 2.35 bits per heavy atom. The van der Waals surface area contributed by atoms with E-state index in [4.69, 9.17) is 4.74 Å². The van der Waals surface area contributed by atoms with E-state index in [-0.39, 0.29) is 11.3 Å². The lowest BCUT2D eigenvalue weighted by Crippen LogP contribution is -2.29. The van der Waals surface area contributed by atoms with E-state index in [9.17, 15) is 9.59 Å². The maximum atomic E-state index is 12.8. The number of rotatable bonds is 4. The topological polar surface area (TPSA) is 63.6 Å². The molecular formula is C20H21N3O3. The number of fused-ring (bicyclic) bond motifs is 1. The first-order chi connectivity index (χ1) is 12.4. The largest absolute Gasteiger partial charge is 0.495 e. The number of carbonyl (C=O) groups is 1. The lowest BCUT2D eigenvalue weighted by atomic mass is 10.1. The first-order valence-electron chi connectivity index (χ1n) is 8.18. The SMILES string of the molecule is COc1c(C(=O)Nc2ccc(N(C)C)cc2)c(=O)n(C)c2ccccc12. The monoisotopic (exact) mass is 351 g/mol. The summed E-state index contributed by atoms with van der Waals surface area (Å²) in [5.41, 5.74) is 1.93.